The minimum Gasteiger partial charge on any atom is -0.461 e. The second kappa shape index (κ2) is 7.80. The Morgan fingerprint density at radius 1 is 1.39 bits per heavy atom. The lowest BCUT2D eigenvalue weighted by Crippen LogP contribution is -2.09. The highest BCUT2D eigenvalue weighted by Gasteiger charge is 2.13. The Bertz CT molecular complexity index is 756. The highest BCUT2D eigenvalue weighted by Crippen LogP contribution is 2.22. The Kier molecular flexibility index (Phi) is 5.78. The van der Waals surface area contributed by atoms with E-state index < -0.39 is 11.9 Å². The third-order valence-corrected chi connectivity index (χ3v) is 3.16. The molecule has 1 N–H and O–H groups in total. The predicted octanol–water partition coefficient (Wildman–Crippen LogP) is 3.81. The molecule has 1 amide bonds. The SMILES string of the molecule is CCOC(=O)c1coc(NC(=O)/C=C/c2ccc(Cl)cc2Cl)n1. The second-order valence-corrected chi connectivity index (χ2v) is 5.09. The van der Waals surface area contributed by atoms with E-state index in [1.54, 1.807) is 25.1 Å². The van der Waals surface area contributed by atoms with Crippen LogP contribution in [0, 0.1) is 0 Å². The van der Waals surface area contributed by atoms with Crippen LogP contribution in [-0.2, 0) is 9.53 Å². The van der Waals surface area contributed by atoms with Gasteiger partial charge in [0.05, 0.1) is 6.61 Å². The minimum absolute atomic E-state index is 0.0214. The molecule has 0 unspecified atom stereocenters. The Hall–Kier alpha value is -2.31. The van der Waals surface area contributed by atoms with E-state index in [4.69, 9.17) is 32.4 Å². The van der Waals surface area contributed by atoms with Gasteiger partial charge in [0.25, 0.3) is 5.91 Å². The number of nitrogens with one attached hydrogen (secondary N) is 1. The van der Waals surface area contributed by atoms with E-state index in [0.29, 0.717) is 15.6 Å². The van der Waals surface area contributed by atoms with Crippen LogP contribution in [-0.4, -0.2) is 23.5 Å². The lowest BCUT2D eigenvalue weighted by Gasteiger charge is -1.99. The zero-order chi connectivity index (χ0) is 16.8. The Morgan fingerprint density at radius 3 is 2.87 bits per heavy atom. The van der Waals surface area contributed by atoms with Crippen LogP contribution in [0.1, 0.15) is 23.0 Å². The van der Waals surface area contributed by atoms with Crippen molar-refractivity contribution in [1.29, 1.82) is 0 Å². The van der Waals surface area contributed by atoms with E-state index >= 15 is 0 Å². The molecule has 0 bridgehead atoms. The number of rotatable bonds is 5. The summed E-state index contributed by atoms with van der Waals surface area (Å²) in [6.07, 6.45) is 3.87. The quantitative estimate of drug-likeness (QED) is 0.652. The first-order chi connectivity index (χ1) is 11.0. The summed E-state index contributed by atoms with van der Waals surface area (Å²) in [5.74, 6) is -1.12. The standard InChI is InChI=1S/C15H12Cl2N2O4/c1-2-22-14(21)12-8-23-15(18-12)19-13(20)6-4-9-3-5-10(16)7-11(9)17/h3-8H,2H2,1H3,(H,18,19,20)/b6-4+. The number of aromatic nitrogens is 1. The molecule has 23 heavy (non-hydrogen) atoms. The fourth-order valence-corrected chi connectivity index (χ4v) is 2.05. The number of esters is 1. The summed E-state index contributed by atoms with van der Waals surface area (Å²) in [6.45, 7) is 1.89. The third-order valence-electron chi connectivity index (χ3n) is 2.60. The summed E-state index contributed by atoms with van der Waals surface area (Å²) in [5.41, 5.74) is 0.609. The molecule has 1 aromatic heterocycles. The van der Waals surface area contributed by atoms with Gasteiger partial charge in [-0.1, -0.05) is 29.3 Å². The van der Waals surface area contributed by atoms with Crippen molar-refractivity contribution in [2.24, 2.45) is 0 Å². The molecule has 0 fully saturated rings. The molecule has 8 heteroatoms. The number of carbonyl (C=O) groups excluding carboxylic acids is 2. The number of amides is 1. The Morgan fingerprint density at radius 2 is 2.17 bits per heavy atom. The van der Waals surface area contributed by atoms with Crippen molar-refractivity contribution in [3.63, 3.8) is 0 Å². The van der Waals surface area contributed by atoms with Crippen molar-refractivity contribution in [2.75, 3.05) is 11.9 Å². The lowest BCUT2D eigenvalue weighted by molar-refractivity contribution is -0.112. The molecular formula is C15H12Cl2N2O4. The lowest BCUT2D eigenvalue weighted by atomic mass is 10.2. The topological polar surface area (TPSA) is 81.4 Å². The summed E-state index contributed by atoms with van der Waals surface area (Å²) >= 11 is 11.8. The van der Waals surface area contributed by atoms with Gasteiger partial charge >= 0.3 is 12.0 Å². The molecule has 0 spiro atoms. The molecule has 0 aliphatic carbocycles. The van der Waals surface area contributed by atoms with Crippen LogP contribution in [0.25, 0.3) is 6.08 Å². The van der Waals surface area contributed by atoms with Crippen LogP contribution in [0.2, 0.25) is 10.0 Å². The van der Waals surface area contributed by atoms with Crippen LogP contribution < -0.4 is 5.32 Å². The van der Waals surface area contributed by atoms with Gasteiger partial charge in [-0.15, -0.1) is 0 Å². The monoisotopic (exact) mass is 354 g/mol. The highest BCUT2D eigenvalue weighted by atomic mass is 35.5. The molecule has 120 valence electrons. The largest absolute Gasteiger partial charge is 0.461 e. The molecule has 0 saturated heterocycles. The van der Waals surface area contributed by atoms with Crippen molar-refractivity contribution < 1.29 is 18.7 Å². The molecule has 2 aromatic rings. The highest BCUT2D eigenvalue weighted by molar-refractivity contribution is 6.35. The third kappa shape index (κ3) is 4.84. The van der Waals surface area contributed by atoms with Gasteiger partial charge in [-0.3, -0.25) is 10.1 Å². The van der Waals surface area contributed by atoms with Crippen molar-refractivity contribution in [1.82, 2.24) is 4.98 Å². The minimum atomic E-state index is -0.625. The van der Waals surface area contributed by atoms with Crippen LogP contribution >= 0.6 is 23.2 Å². The number of ether oxygens (including phenoxy) is 1. The number of anilines is 1. The van der Waals surface area contributed by atoms with Crippen molar-refractivity contribution >= 4 is 47.2 Å². The maximum absolute atomic E-state index is 11.8. The molecule has 1 aromatic carbocycles. The predicted molar refractivity (Wildman–Crippen MR) is 86.6 cm³/mol. The summed E-state index contributed by atoms with van der Waals surface area (Å²) < 4.78 is 9.73. The molecule has 0 aliphatic heterocycles. The molecule has 0 aliphatic rings. The summed E-state index contributed by atoms with van der Waals surface area (Å²) in [4.78, 5) is 27.0. The number of hydrogen-bond donors (Lipinski definition) is 1. The maximum atomic E-state index is 11.8. The van der Waals surface area contributed by atoms with Crippen LogP contribution in [0.15, 0.2) is 35.0 Å². The maximum Gasteiger partial charge on any atom is 0.360 e. The van der Waals surface area contributed by atoms with Gasteiger partial charge in [-0.2, -0.15) is 4.98 Å². The number of benzene rings is 1. The number of hydrogen-bond acceptors (Lipinski definition) is 5. The molecule has 2 rings (SSSR count). The van der Waals surface area contributed by atoms with Gasteiger partial charge in [0.15, 0.2) is 5.69 Å². The van der Waals surface area contributed by atoms with Gasteiger partial charge in [0.2, 0.25) is 0 Å². The first-order valence-electron chi connectivity index (χ1n) is 6.56. The van der Waals surface area contributed by atoms with Crippen molar-refractivity contribution in [3.05, 3.63) is 51.8 Å². The van der Waals surface area contributed by atoms with Gasteiger partial charge in [-0.25, -0.2) is 4.79 Å². The first kappa shape index (κ1) is 17.1. The summed E-state index contributed by atoms with van der Waals surface area (Å²) in [7, 11) is 0. The van der Waals surface area contributed by atoms with Crippen LogP contribution in [0.4, 0.5) is 6.01 Å². The van der Waals surface area contributed by atoms with E-state index in [9.17, 15) is 9.59 Å². The fraction of sp³-hybridized carbons (Fsp3) is 0.133. The molecule has 0 atom stereocenters. The van der Waals surface area contributed by atoms with E-state index in [0.717, 1.165) is 6.26 Å². The van der Waals surface area contributed by atoms with Gasteiger partial charge in [0, 0.05) is 16.1 Å². The van der Waals surface area contributed by atoms with Crippen molar-refractivity contribution in [2.45, 2.75) is 6.92 Å². The molecule has 6 nitrogen and oxygen atoms in total. The zero-order valence-corrected chi connectivity index (χ0v) is 13.5. The molecule has 0 saturated carbocycles. The van der Waals surface area contributed by atoms with Crippen LogP contribution in [0.3, 0.4) is 0 Å². The first-order valence-corrected chi connectivity index (χ1v) is 7.32. The van der Waals surface area contributed by atoms with Crippen molar-refractivity contribution in [3.8, 4) is 0 Å². The van der Waals surface area contributed by atoms with E-state index in [2.05, 4.69) is 10.3 Å². The molecule has 1 heterocycles. The van der Waals surface area contributed by atoms with Gasteiger partial charge in [0.1, 0.15) is 6.26 Å². The molecular weight excluding hydrogens is 343 g/mol. The van der Waals surface area contributed by atoms with Gasteiger partial charge < -0.3 is 9.15 Å². The Labute approximate surface area is 142 Å². The number of nitrogens with zero attached hydrogens (tertiary/aromatic N) is 1. The van der Waals surface area contributed by atoms with E-state index in [1.165, 1.54) is 12.2 Å². The van der Waals surface area contributed by atoms with E-state index in [-0.39, 0.29) is 18.3 Å². The van der Waals surface area contributed by atoms with E-state index in [1.807, 2.05) is 0 Å². The average molecular weight is 355 g/mol. The fourth-order valence-electron chi connectivity index (χ4n) is 1.58. The zero-order valence-electron chi connectivity index (χ0n) is 12.0. The normalized spacial score (nSPS) is 10.7. The van der Waals surface area contributed by atoms with Crippen LogP contribution in [0.5, 0.6) is 0 Å². The molecule has 0 radical (unpaired) electrons. The summed E-state index contributed by atoms with van der Waals surface area (Å²) in [5, 5.41) is 3.30. The summed E-state index contributed by atoms with van der Waals surface area (Å²) in [6, 6.07) is 4.80. The smallest absolute Gasteiger partial charge is 0.360 e. The van der Waals surface area contributed by atoms with Gasteiger partial charge in [-0.05, 0) is 30.7 Å². The average Bonchev–Trinajstić information content (AvgIpc) is 2.95. The second-order valence-electron chi connectivity index (χ2n) is 4.25. The number of halogens is 2. The number of oxazole rings is 1. The Balaban J connectivity index is 1.99. The number of carbonyl (C=O) groups is 2.